The second-order valence-corrected chi connectivity index (χ2v) is 0. The van der Waals surface area contributed by atoms with Crippen LogP contribution in [0, 0.1) is 0 Å². The van der Waals surface area contributed by atoms with Crippen molar-refractivity contribution >= 4 is 42.4 Å². The molecule has 4 radical (unpaired) electrons. The Morgan fingerprint density at radius 2 is 0.300 bits per heavy atom. The summed E-state index contributed by atoms with van der Waals surface area (Å²) in [5.41, 5.74) is 0. The summed E-state index contributed by atoms with van der Waals surface area (Å²) in [5, 5.41) is 0. The van der Waals surface area contributed by atoms with Gasteiger partial charge in [-0.1, -0.05) is 0 Å². The van der Waals surface area contributed by atoms with Gasteiger partial charge in [-0.15, -0.1) is 0 Å². The Morgan fingerprint density at radius 3 is 0.300 bits per heavy atom. The van der Waals surface area contributed by atoms with Crippen molar-refractivity contribution in [3.05, 3.63) is 0 Å². The minimum Gasteiger partial charge on any atom is -1.00 e. The van der Waals surface area contributed by atoms with Crippen LogP contribution in [-0.2, 0) is 0 Å². The first-order valence-electron chi connectivity index (χ1n) is 0. The molecule has 0 saturated heterocycles. The van der Waals surface area contributed by atoms with Gasteiger partial charge in [0, 0.05) is 0 Å². The zero-order chi connectivity index (χ0) is 0. The topological polar surface area (TPSA) is 0 Å². The molecule has 0 aromatic heterocycles. The third-order valence-electron chi connectivity index (χ3n) is 0. The first-order chi connectivity index (χ1) is 0. The maximum absolute atomic E-state index is 0. The largest absolute Gasteiger partial charge is 3.00 e. The molecule has 68 valence electrons. The van der Waals surface area contributed by atoms with Crippen LogP contribution in [0.25, 0.3) is 0 Å². The molecule has 0 heterocycles. The molecule has 0 aliphatic carbocycles. The van der Waals surface area contributed by atoms with E-state index in [1.54, 1.807) is 0 Å². The van der Waals surface area contributed by atoms with Crippen molar-refractivity contribution < 1.29 is 37.6 Å². The molecule has 0 amide bonds. The summed E-state index contributed by atoms with van der Waals surface area (Å²) >= 11 is 0. The fourth-order valence-electron chi connectivity index (χ4n) is 0. The van der Waals surface area contributed by atoms with Crippen LogP contribution in [0.1, 0.15) is 0 Å². The van der Waals surface area contributed by atoms with E-state index in [1.165, 1.54) is 0 Å². The fraction of sp³-hybridized carbons (Fsp3) is 0. The van der Waals surface area contributed by atoms with Crippen LogP contribution in [0.2, 0.25) is 0 Å². The fourth-order valence-corrected chi connectivity index (χ4v) is 0. The maximum Gasteiger partial charge on any atom is 3.00 e. The van der Waals surface area contributed by atoms with Crippen molar-refractivity contribution in [3.8, 4) is 0 Å². The van der Waals surface area contributed by atoms with Crippen molar-refractivity contribution in [2.24, 2.45) is 0 Å². The molecule has 10 heavy (non-hydrogen) atoms. The van der Waals surface area contributed by atoms with Gasteiger partial charge in [-0.25, -0.2) is 0 Å². The Morgan fingerprint density at radius 1 is 0.300 bits per heavy atom. The first kappa shape index (κ1) is 1560. The second kappa shape index (κ2) is 1140. The minimum absolute atomic E-state index is 0. The molecule has 0 unspecified atom stereocenters. The summed E-state index contributed by atoms with van der Waals surface area (Å²) in [7, 11) is 0. The second-order valence-electron chi connectivity index (χ2n) is 0. The molecule has 0 fully saturated rings. The molecule has 0 aliphatic rings. The van der Waals surface area contributed by atoms with Crippen LogP contribution in [-0.4, -0.2) is 42.4 Å². The normalized spacial score (nSPS) is 0. The van der Waals surface area contributed by atoms with E-state index in [2.05, 4.69) is 0 Å². The van der Waals surface area contributed by atoms with E-state index in [4.69, 9.17) is 0 Å². The molecule has 0 N–H and O–H groups in total. The van der Waals surface area contributed by atoms with E-state index in [9.17, 15) is 0 Å². The molecule has 0 spiro atoms. The molecule has 0 nitrogen and oxygen atoms in total. The van der Waals surface area contributed by atoms with E-state index < -0.39 is 0 Å². The molecular weight excluding hydrogens is 349 g/mol. The summed E-state index contributed by atoms with van der Waals surface area (Å²) in [6.45, 7) is 0. The molecule has 0 aliphatic heterocycles. The molecule has 0 atom stereocenters. The summed E-state index contributed by atoms with van der Waals surface area (Å²) in [6, 6.07) is 0. The van der Waals surface area contributed by atoms with Crippen LogP contribution < -0.4 is 37.6 Å². The quantitative estimate of drug-likeness (QED) is 0.301. The molecule has 0 rings (SSSR count). The van der Waals surface area contributed by atoms with Gasteiger partial charge in [0.1, 0.15) is 0 Å². The van der Waals surface area contributed by atoms with Crippen molar-refractivity contribution in [3.63, 3.8) is 0 Å². The Hall–Kier alpha value is 0.817. The average molecular weight is 349 g/mol. The third kappa shape index (κ3) is 808. The maximum atomic E-state index is 0. The zero-order valence-electron chi connectivity index (χ0n) is 3.92. The van der Waals surface area contributed by atoms with Gasteiger partial charge in [-0.05, 0) is 0 Å². The van der Waals surface area contributed by atoms with Crippen molar-refractivity contribution in [2.45, 2.75) is 0 Å². The summed E-state index contributed by atoms with van der Waals surface area (Å²) in [6.07, 6.45) is 0. The van der Waals surface area contributed by atoms with E-state index in [0.717, 1.165) is 0 Å². The van der Waals surface area contributed by atoms with Gasteiger partial charge in [0.15, 0.2) is 0 Å². The molecule has 0 aromatic carbocycles. The molecule has 10 heteroatoms. The van der Waals surface area contributed by atoms with Gasteiger partial charge < -0.3 is 37.6 Å². The van der Waals surface area contributed by atoms with Crippen LogP contribution in [0.15, 0.2) is 0 Å². The Labute approximate surface area is 80.2 Å². The number of halogens is 8. The van der Waals surface area contributed by atoms with Crippen LogP contribution in [0.4, 0.5) is 0 Å². The van der Waals surface area contributed by atoms with Crippen LogP contribution >= 0.6 is 0 Å². The number of rotatable bonds is 0. The average Bonchev–Trinajstić information content (AvgIpc) is 0. The van der Waals surface area contributed by atoms with Gasteiger partial charge in [0.25, 0.3) is 0 Å². The smallest absolute Gasteiger partial charge is 1.00 e. The third-order valence-corrected chi connectivity index (χ3v) is 0. The first-order valence-corrected chi connectivity index (χ1v) is 0. The molecular formula is AsF8Sb-2. The van der Waals surface area contributed by atoms with Crippen molar-refractivity contribution in [1.29, 1.82) is 0 Å². The van der Waals surface area contributed by atoms with Gasteiger partial charge >= 0.3 is 42.4 Å². The summed E-state index contributed by atoms with van der Waals surface area (Å²) < 4.78 is 0. The van der Waals surface area contributed by atoms with Crippen LogP contribution in [0.5, 0.6) is 0 Å². The zero-order valence-corrected chi connectivity index (χ0v) is 8.35. The van der Waals surface area contributed by atoms with Gasteiger partial charge in [0.2, 0.25) is 0 Å². The monoisotopic (exact) mass is 348 g/mol. The Bertz CT molecular complexity index is 9.22. The van der Waals surface area contributed by atoms with E-state index in [1.807, 2.05) is 0 Å². The van der Waals surface area contributed by atoms with Gasteiger partial charge in [0.05, 0.1) is 0 Å². The predicted octanol–water partition coefficient (Wildman–Crippen LogP) is -24.7. The van der Waals surface area contributed by atoms with E-state index >= 15 is 0 Å². The standard InChI is InChI=1S/As.8FH.Sb/h;8*1H;/q+3;;;;;;;;;+3/p-8. The Kier molecular flexibility index (Phi) is 179000. The molecule has 0 saturated carbocycles. The molecule has 0 bridgehead atoms. The molecule has 0 aromatic rings. The van der Waals surface area contributed by atoms with Gasteiger partial charge in [-0.3, -0.25) is 0 Å². The Balaban J connectivity index is 0. The number of hydrogen-bond acceptors (Lipinski definition) is 0. The minimum atomic E-state index is 0. The van der Waals surface area contributed by atoms with Crippen molar-refractivity contribution in [1.82, 2.24) is 0 Å². The number of hydrogen-bond donors (Lipinski definition) is 0. The summed E-state index contributed by atoms with van der Waals surface area (Å²) in [4.78, 5) is 0. The van der Waals surface area contributed by atoms with E-state index in [0.29, 0.717) is 0 Å². The van der Waals surface area contributed by atoms with Crippen LogP contribution in [0.3, 0.4) is 0 Å². The van der Waals surface area contributed by atoms with E-state index in [-0.39, 0.29) is 80.0 Å². The summed E-state index contributed by atoms with van der Waals surface area (Å²) in [5.74, 6) is 0. The van der Waals surface area contributed by atoms with Crippen molar-refractivity contribution in [2.75, 3.05) is 0 Å². The van der Waals surface area contributed by atoms with Gasteiger partial charge in [-0.2, -0.15) is 0 Å². The predicted molar refractivity (Wildman–Crippen MR) is 11.5 cm³/mol. The SMILES string of the molecule is [As+3].[F-].[F-].[F-].[F-].[F-].[F-].[F-].[F-].[Sb+3].